The summed E-state index contributed by atoms with van der Waals surface area (Å²) in [6, 6.07) is 0. The van der Waals surface area contributed by atoms with Crippen LogP contribution in [0.5, 0.6) is 0 Å². The van der Waals surface area contributed by atoms with Crippen molar-refractivity contribution >= 4 is 4.57 Å². The summed E-state index contributed by atoms with van der Waals surface area (Å²) in [5, 5.41) is 0. The second-order valence-corrected chi connectivity index (χ2v) is 2.56. The third kappa shape index (κ3) is 6.36. The van der Waals surface area contributed by atoms with E-state index in [1.54, 1.807) is 0 Å². The molecule has 0 fully saturated rings. The molecule has 42 valence electrons. The minimum absolute atomic E-state index is 0.307. The van der Waals surface area contributed by atoms with Gasteiger partial charge in [-0.05, 0) is 0 Å². The van der Waals surface area contributed by atoms with Crippen LogP contribution in [0.25, 0.3) is 0 Å². The van der Waals surface area contributed by atoms with Crippen molar-refractivity contribution in [3.05, 3.63) is 0 Å². The van der Waals surface area contributed by atoms with Crippen LogP contribution in [0.2, 0.25) is 0 Å². The van der Waals surface area contributed by atoms with Crippen molar-refractivity contribution < 1.29 is 20.6 Å². The molecule has 7 heavy (non-hydrogen) atoms. The van der Waals surface area contributed by atoms with E-state index in [1.807, 2.05) is 20.8 Å². The van der Waals surface area contributed by atoms with E-state index >= 15 is 0 Å². The summed E-state index contributed by atoms with van der Waals surface area (Å²) in [6.45, 7) is 5.90. The van der Waals surface area contributed by atoms with E-state index in [2.05, 4.69) is 15.9 Å². The average molecular weight is 138 g/mol. The zero-order valence-corrected chi connectivity index (χ0v) is 6.17. The van der Waals surface area contributed by atoms with Crippen LogP contribution < -0.4 is 0 Å². The Kier molecular flexibility index (Phi) is 3.55. The molecule has 0 aromatic carbocycles. The molecule has 2 heteroatoms. The quantitative estimate of drug-likeness (QED) is 0.555. The van der Waals surface area contributed by atoms with Crippen molar-refractivity contribution in [2.75, 3.05) is 0 Å². The third-order valence-electron chi connectivity index (χ3n) is 0.402. The van der Waals surface area contributed by atoms with Crippen LogP contribution in [0.15, 0.2) is 0 Å². The maximum atomic E-state index is 5.11. The van der Waals surface area contributed by atoms with Gasteiger partial charge < -0.3 is 0 Å². The van der Waals surface area contributed by atoms with E-state index < -0.39 is 0 Å². The normalized spacial score (nSPS) is 9.71. The summed E-state index contributed by atoms with van der Waals surface area (Å²) in [6.07, 6.45) is 0.307. The second-order valence-electron chi connectivity index (χ2n) is 1.66. The van der Waals surface area contributed by atoms with Gasteiger partial charge in [0, 0.05) is 0 Å². The molecule has 0 aliphatic carbocycles. The van der Waals surface area contributed by atoms with Crippen molar-refractivity contribution in [3.63, 3.8) is 0 Å². The van der Waals surface area contributed by atoms with E-state index in [9.17, 15) is 0 Å². The molecule has 0 unspecified atom stereocenters. The Bertz CT molecular complexity index is 68.5. The number of rotatable bonds is 2. The molecule has 0 spiro atoms. The second kappa shape index (κ2) is 3.38. The molecule has 0 aliphatic heterocycles. The van der Waals surface area contributed by atoms with E-state index in [0.29, 0.717) is 6.10 Å². The molecule has 0 bridgehead atoms. The summed E-state index contributed by atoms with van der Waals surface area (Å²) in [5.74, 6) is 0. The van der Waals surface area contributed by atoms with E-state index in [1.165, 1.54) is 0 Å². The first-order chi connectivity index (χ1) is 3.13. The minimum atomic E-state index is 0.307. The van der Waals surface area contributed by atoms with Crippen LogP contribution in [0, 0.1) is 0 Å². The van der Waals surface area contributed by atoms with Gasteiger partial charge in [0.1, 0.15) is 0 Å². The van der Waals surface area contributed by atoms with Crippen molar-refractivity contribution in [2.45, 2.75) is 26.9 Å². The number of hydrogen-bond donors (Lipinski definition) is 0. The van der Waals surface area contributed by atoms with Gasteiger partial charge in [-0.1, -0.05) is 0 Å². The summed E-state index contributed by atoms with van der Waals surface area (Å²) >= 11 is 2.77. The molecule has 0 saturated carbocycles. The molecular weight excluding hydrogens is 128 g/mol. The summed E-state index contributed by atoms with van der Waals surface area (Å²) in [4.78, 5) is 0. The van der Waals surface area contributed by atoms with Gasteiger partial charge in [-0.25, -0.2) is 0 Å². The van der Waals surface area contributed by atoms with Gasteiger partial charge >= 0.3 is 52.0 Å². The van der Waals surface area contributed by atoms with Gasteiger partial charge in [-0.3, -0.25) is 0 Å². The van der Waals surface area contributed by atoms with Crippen molar-refractivity contribution in [2.24, 2.45) is 0 Å². The first-order valence-corrected chi connectivity index (χ1v) is 2.94. The predicted octanol–water partition coefficient (Wildman–Crippen LogP) is 1.11. The molecule has 0 saturated heterocycles. The van der Waals surface area contributed by atoms with Gasteiger partial charge in [0.05, 0.1) is 0 Å². The molecule has 0 radical (unpaired) electrons. The topological polar surface area (TPSA) is 9.23 Å². The first-order valence-electron chi connectivity index (χ1n) is 2.30. The Balaban J connectivity index is 3.13. The average Bonchev–Trinajstić information content (AvgIpc) is 1.27. The summed E-state index contributed by atoms with van der Waals surface area (Å²) in [5.41, 5.74) is 0. The fourth-order valence-corrected chi connectivity index (χ4v) is 0.632. The Morgan fingerprint density at radius 1 is 1.57 bits per heavy atom. The Labute approximate surface area is 52.6 Å². The maximum absolute atomic E-state index is 5.11. The van der Waals surface area contributed by atoms with E-state index in [4.69, 9.17) is 4.74 Å². The summed E-state index contributed by atoms with van der Waals surface area (Å²) < 4.78 is 6.02. The van der Waals surface area contributed by atoms with Crippen LogP contribution in [0.3, 0.4) is 0 Å². The molecule has 0 amide bonds. The van der Waals surface area contributed by atoms with Gasteiger partial charge in [-0.2, -0.15) is 0 Å². The third-order valence-corrected chi connectivity index (χ3v) is 0.552. The summed E-state index contributed by atoms with van der Waals surface area (Å²) in [7, 11) is 0. The fraction of sp³-hybridized carbons (Fsp3) is 0.800. The zero-order valence-electron chi connectivity index (χ0n) is 4.89. The Morgan fingerprint density at radius 2 is 2.00 bits per heavy atom. The Hall–Kier alpha value is 0.362. The SMILES string of the molecule is C[C](=[Cr])OC(C)C. The van der Waals surface area contributed by atoms with E-state index in [-0.39, 0.29) is 0 Å². The number of hydrogen-bond acceptors (Lipinski definition) is 1. The van der Waals surface area contributed by atoms with Crippen LogP contribution >= 0.6 is 0 Å². The fourth-order valence-electron chi connectivity index (χ4n) is 0.332. The van der Waals surface area contributed by atoms with Crippen LogP contribution in [-0.4, -0.2) is 10.7 Å². The van der Waals surface area contributed by atoms with Gasteiger partial charge in [0.25, 0.3) is 0 Å². The molecule has 0 aromatic rings. The molecule has 0 rings (SSSR count). The number of ether oxygens (including phenoxy) is 1. The molecule has 0 heterocycles. The van der Waals surface area contributed by atoms with E-state index in [0.717, 1.165) is 4.57 Å². The molecule has 0 N–H and O–H groups in total. The standard InChI is InChI=1S/C5H10O.Cr/c1-4-6-5(2)3;/h5H,1-3H3;. The first kappa shape index (κ1) is 7.36. The predicted molar refractivity (Wildman–Crippen MR) is 26.9 cm³/mol. The van der Waals surface area contributed by atoms with Crippen LogP contribution in [-0.2, 0) is 20.6 Å². The van der Waals surface area contributed by atoms with Crippen molar-refractivity contribution in [1.82, 2.24) is 0 Å². The molecule has 1 nitrogen and oxygen atoms in total. The monoisotopic (exact) mass is 138 g/mol. The molecule has 0 aromatic heterocycles. The van der Waals surface area contributed by atoms with Crippen molar-refractivity contribution in [1.29, 1.82) is 0 Å². The van der Waals surface area contributed by atoms with Crippen molar-refractivity contribution in [3.8, 4) is 0 Å². The van der Waals surface area contributed by atoms with Gasteiger partial charge in [-0.15, -0.1) is 0 Å². The molecule has 0 atom stereocenters. The van der Waals surface area contributed by atoms with Gasteiger partial charge in [0.2, 0.25) is 0 Å². The Morgan fingerprint density at radius 3 is 2.00 bits per heavy atom. The van der Waals surface area contributed by atoms with Crippen LogP contribution in [0.4, 0.5) is 0 Å². The van der Waals surface area contributed by atoms with Gasteiger partial charge in [0.15, 0.2) is 0 Å². The van der Waals surface area contributed by atoms with Crippen LogP contribution in [0.1, 0.15) is 20.8 Å². The zero-order chi connectivity index (χ0) is 5.86. The molecular formula is C5H10CrO. The molecule has 0 aliphatic rings.